The Bertz CT molecular complexity index is 1080. The topological polar surface area (TPSA) is 89.1 Å². The Balaban J connectivity index is 1.63. The van der Waals surface area contributed by atoms with Crippen molar-refractivity contribution in [2.75, 3.05) is 51.8 Å². The van der Waals surface area contributed by atoms with Gasteiger partial charge in [0.1, 0.15) is 6.11 Å². The maximum Gasteiger partial charge on any atom is 0.253 e. The molecule has 2 aromatic rings. The molecule has 8 nitrogen and oxygen atoms in total. The van der Waals surface area contributed by atoms with Crippen molar-refractivity contribution in [1.29, 1.82) is 0 Å². The summed E-state index contributed by atoms with van der Waals surface area (Å²) in [7, 11) is 1.53. The van der Waals surface area contributed by atoms with Crippen molar-refractivity contribution < 1.29 is 23.8 Å². The standard InChI is InChI=1S/C26H29N3O5/c1-3-17-34-25-20(7-6-10-23(25)32-2)11-12-24(30)28-22-9-5-4-8-21(22)26(31)27-13-14-29-15-18-33-19-16-29/h4-12H,13-16,18-19H2,1-2H3,(H,27,31)(H,28,30)/b12-11+. The number of amides is 2. The van der Waals surface area contributed by atoms with Gasteiger partial charge in [0.15, 0.2) is 11.5 Å². The molecule has 0 bridgehead atoms. The maximum atomic E-state index is 12.7. The Morgan fingerprint density at radius 3 is 2.71 bits per heavy atom. The third-order valence-electron chi connectivity index (χ3n) is 5.15. The summed E-state index contributed by atoms with van der Waals surface area (Å²) in [5, 5.41) is 5.70. The van der Waals surface area contributed by atoms with Crippen LogP contribution >= 0.6 is 0 Å². The number of para-hydroxylation sites is 2. The van der Waals surface area contributed by atoms with Crippen molar-refractivity contribution in [1.82, 2.24) is 10.2 Å². The molecule has 1 saturated heterocycles. The van der Waals surface area contributed by atoms with E-state index in [0.717, 1.165) is 19.6 Å². The van der Waals surface area contributed by atoms with E-state index in [1.54, 1.807) is 55.5 Å². The van der Waals surface area contributed by atoms with Gasteiger partial charge >= 0.3 is 0 Å². The van der Waals surface area contributed by atoms with Crippen LogP contribution in [-0.2, 0) is 9.53 Å². The number of hydrogen-bond acceptors (Lipinski definition) is 6. The van der Waals surface area contributed by atoms with Gasteiger partial charge in [-0.3, -0.25) is 14.5 Å². The lowest BCUT2D eigenvalue weighted by molar-refractivity contribution is -0.111. The van der Waals surface area contributed by atoms with Crippen LogP contribution < -0.4 is 20.1 Å². The fourth-order valence-electron chi connectivity index (χ4n) is 3.41. The van der Waals surface area contributed by atoms with Gasteiger partial charge < -0.3 is 24.8 Å². The lowest BCUT2D eigenvalue weighted by Crippen LogP contribution is -2.41. The number of ether oxygens (including phenoxy) is 3. The lowest BCUT2D eigenvalue weighted by Gasteiger charge is -2.26. The van der Waals surface area contributed by atoms with E-state index >= 15 is 0 Å². The third-order valence-corrected chi connectivity index (χ3v) is 5.15. The maximum absolute atomic E-state index is 12.7. The molecule has 2 amide bonds. The first-order valence-electron chi connectivity index (χ1n) is 11.0. The van der Waals surface area contributed by atoms with Crippen LogP contribution in [0.5, 0.6) is 11.5 Å². The quantitative estimate of drug-likeness (QED) is 0.439. The van der Waals surface area contributed by atoms with Gasteiger partial charge in [0.05, 0.1) is 31.6 Å². The second-order valence-corrected chi connectivity index (χ2v) is 7.41. The largest absolute Gasteiger partial charge is 0.493 e. The van der Waals surface area contributed by atoms with E-state index in [4.69, 9.17) is 14.2 Å². The molecule has 0 atom stereocenters. The predicted octanol–water partition coefficient (Wildman–Crippen LogP) is 2.77. The van der Waals surface area contributed by atoms with Crippen molar-refractivity contribution >= 4 is 23.6 Å². The van der Waals surface area contributed by atoms with E-state index in [0.29, 0.717) is 48.1 Å². The van der Waals surface area contributed by atoms with E-state index in [1.165, 1.54) is 13.2 Å². The van der Waals surface area contributed by atoms with Crippen molar-refractivity contribution in [3.63, 3.8) is 0 Å². The Kier molecular flexibility index (Phi) is 9.52. The van der Waals surface area contributed by atoms with Crippen molar-refractivity contribution in [2.45, 2.75) is 6.92 Å². The van der Waals surface area contributed by atoms with E-state index in [-0.39, 0.29) is 11.8 Å². The molecule has 1 fully saturated rings. The molecule has 1 aliphatic rings. The van der Waals surface area contributed by atoms with Gasteiger partial charge in [-0.2, -0.15) is 0 Å². The van der Waals surface area contributed by atoms with Crippen molar-refractivity contribution in [3.8, 4) is 23.5 Å². The Hall–Kier alpha value is -3.80. The number of anilines is 1. The van der Waals surface area contributed by atoms with Gasteiger partial charge in [-0.25, -0.2) is 0 Å². The van der Waals surface area contributed by atoms with Crippen LogP contribution in [0.2, 0.25) is 0 Å². The average molecular weight is 464 g/mol. The van der Waals surface area contributed by atoms with Crippen LogP contribution in [-0.4, -0.2) is 63.2 Å². The number of rotatable bonds is 9. The minimum absolute atomic E-state index is 0.241. The van der Waals surface area contributed by atoms with E-state index in [2.05, 4.69) is 27.6 Å². The van der Waals surface area contributed by atoms with Gasteiger partial charge in [0.2, 0.25) is 5.91 Å². The zero-order valence-electron chi connectivity index (χ0n) is 19.4. The number of carbonyl (C=O) groups excluding carboxylic acids is 2. The van der Waals surface area contributed by atoms with Gasteiger partial charge in [0, 0.05) is 44.7 Å². The number of hydrogen-bond donors (Lipinski definition) is 2. The van der Waals surface area contributed by atoms with E-state index < -0.39 is 0 Å². The molecule has 8 heteroatoms. The van der Waals surface area contributed by atoms with Crippen LogP contribution in [0.4, 0.5) is 5.69 Å². The summed E-state index contributed by atoms with van der Waals surface area (Å²) in [6, 6.07) is 12.2. The lowest BCUT2D eigenvalue weighted by atomic mass is 10.1. The number of nitrogens with one attached hydrogen (secondary N) is 2. The molecule has 0 aliphatic carbocycles. The van der Waals surface area contributed by atoms with Crippen molar-refractivity contribution in [3.05, 3.63) is 59.7 Å². The molecule has 0 spiro atoms. The first-order chi connectivity index (χ1) is 16.6. The number of methoxy groups -OCH3 is 1. The Morgan fingerprint density at radius 1 is 1.15 bits per heavy atom. The zero-order chi connectivity index (χ0) is 24.2. The molecule has 0 saturated carbocycles. The monoisotopic (exact) mass is 463 g/mol. The molecule has 1 aliphatic heterocycles. The normalized spacial score (nSPS) is 13.6. The Labute approximate surface area is 199 Å². The molecular weight excluding hydrogens is 434 g/mol. The van der Waals surface area contributed by atoms with Gasteiger partial charge in [-0.05, 0) is 24.3 Å². The minimum atomic E-state index is -0.385. The number of carbonyl (C=O) groups is 2. The summed E-state index contributed by atoms with van der Waals surface area (Å²) >= 11 is 0. The molecule has 2 N–H and O–H groups in total. The number of nitrogens with zero attached hydrogens (tertiary/aromatic N) is 1. The molecular formula is C26H29N3O5. The van der Waals surface area contributed by atoms with Crippen LogP contribution in [0, 0.1) is 12.0 Å². The fourth-order valence-corrected chi connectivity index (χ4v) is 3.41. The average Bonchev–Trinajstić information content (AvgIpc) is 2.87. The minimum Gasteiger partial charge on any atom is -0.493 e. The summed E-state index contributed by atoms with van der Waals surface area (Å²) in [5.41, 5.74) is 1.46. The first-order valence-corrected chi connectivity index (χ1v) is 11.0. The van der Waals surface area contributed by atoms with Crippen LogP contribution in [0.25, 0.3) is 6.08 Å². The highest BCUT2D eigenvalue weighted by molar-refractivity contribution is 6.07. The summed E-state index contributed by atoms with van der Waals surface area (Å²) in [4.78, 5) is 27.6. The van der Waals surface area contributed by atoms with Gasteiger partial charge in [-0.15, -0.1) is 0 Å². The molecule has 0 aromatic heterocycles. The van der Waals surface area contributed by atoms with Crippen LogP contribution in [0.15, 0.2) is 48.5 Å². The van der Waals surface area contributed by atoms with E-state index in [1.807, 2.05) is 0 Å². The molecule has 3 rings (SSSR count). The summed E-state index contributed by atoms with van der Waals surface area (Å²) < 4.78 is 16.1. The van der Waals surface area contributed by atoms with Gasteiger partial charge in [0.25, 0.3) is 5.91 Å². The highest BCUT2D eigenvalue weighted by Crippen LogP contribution is 2.31. The fraction of sp³-hybridized carbons (Fsp3) is 0.308. The van der Waals surface area contributed by atoms with Gasteiger partial charge in [-0.1, -0.05) is 30.2 Å². The molecule has 0 unspecified atom stereocenters. The molecule has 2 aromatic carbocycles. The number of morpholine rings is 1. The molecule has 1 heterocycles. The summed E-state index contributed by atoms with van der Waals surface area (Å²) in [6.07, 6.45) is 5.52. The summed E-state index contributed by atoms with van der Waals surface area (Å²) in [5.74, 6) is 2.96. The Morgan fingerprint density at radius 2 is 1.94 bits per heavy atom. The molecule has 34 heavy (non-hydrogen) atoms. The highest BCUT2D eigenvalue weighted by Gasteiger charge is 2.14. The first kappa shape index (κ1) is 24.8. The van der Waals surface area contributed by atoms with Crippen LogP contribution in [0.1, 0.15) is 22.8 Å². The van der Waals surface area contributed by atoms with Crippen molar-refractivity contribution in [2.24, 2.45) is 0 Å². The molecule has 178 valence electrons. The second-order valence-electron chi connectivity index (χ2n) is 7.41. The zero-order valence-corrected chi connectivity index (χ0v) is 19.4. The van der Waals surface area contributed by atoms with Crippen LogP contribution in [0.3, 0.4) is 0 Å². The number of benzene rings is 2. The SMILES string of the molecule is CC#COc1c(/C=C/C(=O)Nc2ccccc2C(=O)NCCN2CCOCC2)cccc1OC. The smallest absolute Gasteiger partial charge is 0.253 e. The van der Waals surface area contributed by atoms with E-state index in [9.17, 15) is 9.59 Å². The third kappa shape index (κ3) is 7.10. The highest BCUT2D eigenvalue weighted by atomic mass is 16.5. The predicted molar refractivity (Wildman–Crippen MR) is 131 cm³/mol. The summed E-state index contributed by atoms with van der Waals surface area (Å²) in [6.45, 7) is 6.08. The second kappa shape index (κ2) is 13.0. The molecule has 0 radical (unpaired) electrons.